The summed E-state index contributed by atoms with van der Waals surface area (Å²) in [7, 11) is 0. The van der Waals surface area contributed by atoms with E-state index in [1.807, 2.05) is 0 Å². The lowest BCUT2D eigenvalue weighted by Gasteiger charge is -2.29. The first kappa shape index (κ1) is 19.4. The summed E-state index contributed by atoms with van der Waals surface area (Å²) in [6.07, 6.45) is 2.76. The zero-order chi connectivity index (χ0) is 19.9. The summed E-state index contributed by atoms with van der Waals surface area (Å²) >= 11 is 0. The summed E-state index contributed by atoms with van der Waals surface area (Å²) in [5.41, 5.74) is 1.39. The Hall–Kier alpha value is -3.33. The van der Waals surface area contributed by atoms with Gasteiger partial charge in [0, 0.05) is 24.5 Å². The van der Waals surface area contributed by atoms with Crippen molar-refractivity contribution in [2.45, 2.75) is 13.0 Å². The minimum Gasteiger partial charge on any atom is -0.472 e. The Kier molecular flexibility index (Phi) is 6.28. The van der Waals surface area contributed by atoms with Crippen LogP contribution >= 0.6 is 0 Å². The van der Waals surface area contributed by atoms with Crippen molar-refractivity contribution >= 4 is 29.2 Å². The van der Waals surface area contributed by atoms with Crippen molar-refractivity contribution in [2.75, 3.05) is 36.9 Å². The number of amides is 4. The molecule has 1 unspecified atom stereocenters. The van der Waals surface area contributed by atoms with E-state index in [2.05, 4.69) is 16.0 Å². The maximum absolute atomic E-state index is 12.3. The zero-order valence-electron chi connectivity index (χ0n) is 15.4. The molecule has 3 N–H and O–H groups in total. The number of nitrogens with zero attached hydrogens (tertiary/aromatic N) is 1. The van der Waals surface area contributed by atoms with E-state index < -0.39 is 12.1 Å². The van der Waals surface area contributed by atoms with Gasteiger partial charge in [-0.2, -0.15) is 0 Å². The smallest absolute Gasteiger partial charge is 0.319 e. The van der Waals surface area contributed by atoms with Gasteiger partial charge in [0.15, 0.2) is 0 Å². The molecule has 0 spiro atoms. The molecule has 0 aliphatic carbocycles. The number of rotatable bonds is 5. The van der Waals surface area contributed by atoms with Crippen LogP contribution in [0, 0.1) is 0 Å². The van der Waals surface area contributed by atoms with Crippen LogP contribution in [0.3, 0.4) is 0 Å². The van der Waals surface area contributed by atoms with Crippen LogP contribution in [-0.2, 0) is 9.53 Å². The van der Waals surface area contributed by atoms with Crippen LogP contribution in [0.25, 0.3) is 0 Å². The molecule has 9 nitrogen and oxygen atoms in total. The van der Waals surface area contributed by atoms with Crippen LogP contribution in [0.1, 0.15) is 17.3 Å². The average Bonchev–Trinajstić information content (AvgIpc) is 3.23. The molecule has 0 saturated carbocycles. The lowest BCUT2D eigenvalue weighted by Crippen LogP contribution is -2.51. The molecular weight excluding hydrogens is 364 g/mol. The second-order valence-electron chi connectivity index (χ2n) is 6.30. The third-order valence-electron chi connectivity index (χ3n) is 4.20. The number of urea groups is 1. The number of morpholine rings is 1. The van der Waals surface area contributed by atoms with Crippen molar-refractivity contribution in [3.63, 3.8) is 0 Å². The van der Waals surface area contributed by atoms with E-state index in [9.17, 15) is 14.4 Å². The van der Waals surface area contributed by atoms with Crippen LogP contribution in [0.2, 0.25) is 0 Å². The van der Waals surface area contributed by atoms with E-state index in [0.29, 0.717) is 43.2 Å². The molecule has 1 aromatic carbocycles. The normalized spacial score (nSPS) is 14.8. The van der Waals surface area contributed by atoms with Gasteiger partial charge in [0.2, 0.25) is 5.91 Å². The van der Waals surface area contributed by atoms with Gasteiger partial charge in [-0.15, -0.1) is 0 Å². The van der Waals surface area contributed by atoms with E-state index in [4.69, 9.17) is 9.15 Å². The maximum atomic E-state index is 12.3. The monoisotopic (exact) mass is 386 g/mol. The summed E-state index contributed by atoms with van der Waals surface area (Å²) in [6.45, 7) is 3.68. The first-order valence-electron chi connectivity index (χ1n) is 8.90. The van der Waals surface area contributed by atoms with Gasteiger partial charge in [-0.1, -0.05) is 6.07 Å². The molecule has 4 amide bonds. The number of ether oxygens (including phenoxy) is 1. The van der Waals surface area contributed by atoms with E-state index in [0.717, 1.165) is 0 Å². The number of hydrogen-bond donors (Lipinski definition) is 3. The highest BCUT2D eigenvalue weighted by Crippen LogP contribution is 2.16. The number of carbonyl (C=O) groups excluding carboxylic acids is 3. The third-order valence-corrected chi connectivity index (χ3v) is 4.20. The second-order valence-corrected chi connectivity index (χ2v) is 6.30. The van der Waals surface area contributed by atoms with Crippen LogP contribution in [0.15, 0.2) is 47.3 Å². The molecule has 3 rings (SSSR count). The molecule has 2 aromatic rings. The topological polar surface area (TPSA) is 113 Å². The van der Waals surface area contributed by atoms with Crippen molar-refractivity contribution in [3.05, 3.63) is 48.4 Å². The summed E-state index contributed by atoms with van der Waals surface area (Å²) in [6, 6.07) is 7.08. The molecule has 1 atom stereocenters. The molecule has 148 valence electrons. The van der Waals surface area contributed by atoms with Crippen molar-refractivity contribution in [3.8, 4) is 0 Å². The number of anilines is 2. The number of furan rings is 1. The predicted molar refractivity (Wildman–Crippen MR) is 102 cm³/mol. The Morgan fingerprint density at radius 1 is 1.07 bits per heavy atom. The SMILES string of the molecule is CC(NC(=O)Nc1cccc(NC(=O)c2ccoc2)c1)C(=O)N1CCOCC1. The fourth-order valence-corrected chi connectivity index (χ4v) is 2.75. The van der Waals surface area contributed by atoms with Crippen molar-refractivity contribution < 1.29 is 23.5 Å². The lowest BCUT2D eigenvalue weighted by molar-refractivity contribution is -0.136. The number of benzene rings is 1. The molecule has 1 aliphatic heterocycles. The second kappa shape index (κ2) is 9.05. The molecule has 28 heavy (non-hydrogen) atoms. The van der Waals surface area contributed by atoms with Crippen LogP contribution in [0.4, 0.5) is 16.2 Å². The van der Waals surface area contributed by atoms with Crippen molar-refractivity contribution in [1.82, 2.24) is 10.2 Å². The Bertz CT molecular complexity index is 831. The predicted octanol–water partition coefficient (Wildman–Crippen LogP) is 1.90. The summed E-state index contributed by atoms with van der Waals surface area (Å²) < 4.78 is 10.1. The Balaban J connectivity index is 1.53. The molecule has 1 fully saturated rings. The number of nitrogens with one attached hydrogen (secondary N) is 3. The van der Waals surface area contributed by atoms with E-state index >= 15 is 0 Å². The lowest BCUT2D eigenvalue weighted by atomic mass is 10.2. The quantitative estimate of drug-likeness (QED) is 0.726. The minimum absolute atomic E-state index is 0.153. The Labute approximate surface area is 162 Å². The zero-order valence-corrected chi connectivity index (χ0v) is 15.4. The molecule has 2 heterocycles. The van der Waals surface area contributed by atoms with Crippen molar-refractivity contribution in [1.29, 1.82) is 0 Å². The first-order valence-corrected chi connectivity index (χ1v) is 8.90. The van der Waals surface area contributed by atoms with Crippen LogP contribution < -0.4 is 16.0 Å². The molecule has 0 radical (unpaired) electrons. The molecule has 9 heteroatoms. The standard InChI is InChI=1S/C19H22N4O5/c1-13(18(25)23-6-9-27-10-7-23)20-19(26)22-16-4-2-3-15(11-16)21-17(24)14-5-8-28-12-14/h2-5,8,11-13H,6-7,9-10H2,1H3,(H,21,24)(H2,20,22,26). The van der Waals surface area contributed by atoms with E-state index in [-0.39, 0.29) is 11.8 Å². The van der Waals surface area contributed by atoms with Gasteiger partial charge in [-0.3, -0.25) is 9.59 Å². The van der Waals surface area contributed by atoms with E-state index in [1.54, 1.807) is 42.2 Å². The Morgan fingerprint density at radius 2 is 1.79 bits per heavy atom. The highest BCUT2D eigenvalue weighted by molar-refractivity contribution is 6.04. The summed E-state index contributed by atoms with van der Waals surface area (Å²) in [4.78, 5) is 38.3. The van der Waals surface area contributed by atoms with Gasteiger partial charge in [0.05, 0.1) is 25.0 Å². The van der Waals surface area contributed by atoms with Crippen molar-refractivity contribution in [2.24, 2.45) is 0 Å². The van der Waals surface area contributed by atoms with Gasteiger partial charge in [0.1, 0.15) is 12.3 Å². The largest absolute Gasteiger partial charge is 0.472 e. The molecule has 1 saturated heterocycles. The summed E-state index contributed by atoms with van der Waals surface area (Å²) in [5, 5.41) is 8.01. The van der Waals surface area contributed by atoms with E-state index in [1.165, 1.54) is 12.5 Å². The minimum atomic E-state index is -0.665. The maximum Gasteiger partial charge on any atom is 0.319 e. The first-order chi connectivity index (χ1) is 13.5. The molecule has 1 aromatic heterocycles. The fraction of sp³-hybridized carbons (Fsp3) is 0.316. The third kappa shape index (κ3) is 5.10. The van der Waals surface area contributed by atoms with Gasteiger partial charge < -0.3 is 30.0 Å². The van der Waals surface area contributed by atoms with Gasteiger partial charge in [0.25, 0.3) is 5.91 Å². The van der Waals surface area contributed by atoms with Crippen LogP contribution in [-0.4, -0.2) is 55.1 Å². The molecule has 1 aliphatic rings. The highest BCUT2D eigenvalue weighted by Gasteiger charge is 2.23. The van der Waals surface area contributed by atoms with Crippen LogP contribution in [0.5, 0.6) is 0 Å². The Morgan fingerprint density at radius 3 is 2.46 bits per heavy atom. The van der Waals surface area contributed by atoms with Gasteiger partial charge in [-0.05, 0) is 31.2 Å². The molecular formula is C19H22N4O5. The average molecular weight is 386 g/mol. The number of carbonyl (C=O) groups is 3. The van der Waals surface area contributed by atoms with Gasteiger partial charge in [-0.25, -0.2) is 4.79 Å². The highest BCUT2D eigenvalue weighted by atomic mass is 16.5. The fourth-order valence-electron chi connectivity index (χ4n) is 2.75. The van der Waals surface area contributed by atoms with Gasteiger partial charge >= 0.3 is 6.03 Å². The molecule has 0 bridgehead atoms. The summed E-state index contributed by atoms with van der Waals surface area (Å²) in [5.74, 6) is -0.473. The number of hydrogen-bond acceptors (Lipinski definition) is 5.